The molecule has 0 saturated heterocycles. The quantitative estimate of drug-likeness (QED) is 0.429. The van der Waals surface area contributed by atoms with E-state index in [-0.39, 0.29) is 18.5 Å². The fourth-order valence-corrected chi connectivity index (χ4v) is 4.76. The summed E-state index contributed by atoms with van der Waals surface area (Å²) in [6, 6.07) is 21.2. The largest absolute Gasteiger partial charge is 0.395 e. The number of hydrogen-bond donors (Lipinski definition) is 1. The maximum atomic E-state index is 13.6. The zero-order chi connectivity index (χ0) is 22.6. The van der Waals surface area contributed by atoms with Crippen LogP contribution in [0.2, 0.25) is 0 Å². The molecule has 1 aliphatic heterocycles. The Morgan fingerprint density at radius 3 is 2.45 bits per heavy atom. The fourth-order valence-electron chi connectivity index (χ4n) is 4.76. The van der Waals surface area contributed by atoms with Crippen LogP contribution in [0.4, 0.5) is 4.39 Å². The second-order valence-electron chi connectivity index (χ2n) is 8.47. The molecule has 1 atom stereocenters. The lowest BCUT2D eigenvalue weighted by atomic mass is 10.0. The van der Waals surface area contributed by atoms with Crippen LogP contribution < -0.4 is 0 Å². The number of fused-ring (bicyclic) bond motifs is 1. The van der Waals surface area contributed by atoms with Gasteiger partial charge in [-0.3, -0.25) is 9.88 Å². The third kappa shape index (κ3) is 4.58. The summed E-state index contributed by atoms with van der Waals surface area (Å²) in [7, 11) is 0. The van der Waals surface area contributed by atoms with Gasteiger partial charge in [0.15, 0.2) is 0 Å². The van der Waals surface area contributed by atoms with Crippen LogP contribution >= 0.6 is 0 Å². The highest BCUT2D eigenvalue weighted by atomic mass is 19.1. The molecule has 168 valence electrons. The zero-order valence-electron chi connectivity index (χ0n) is 18.4. The molecule has 0 amide bonds. The van der Waals surface area contributed by atoms with Gasteiger partial charge in [0.25, 0.3) is 0 Å². The van der Waals surface area contributed by atoms with Crippen LogP contribution in [0, 0.1) is 5.82 Å². The molecule has 5 rings (SSSR count). The number of aliphatic hydroxyl groups is 1. The summed E-state index contributed by atoms with van der Waals surface area (Å²) < 4.78 is 15.9. The maximum absolute atomic E-state index is 13.6. The average Bonchev–Trinajstić information content (AvgIpc) is 3.41. The molecule has 0 bridgehead atoms. The van der Waals surface area contributed by atoms with Gasteiger partial charge in [-0.1, -0.05) is 30.3 Å². The molecule has 4 aromatic rings. The van der Waals surface area contributed by atoms with Gasteiger partial charge in [0.2, 0.25) is 0 Å². The number of imidazole rings is 1. The molecule has 33 heavy (non-hydrogen) atoms. The van der Waals surface area contributed by atoms with Crippen LogP contribution in [0.3, 0.4) is 0 Å². The second-order valence-corrected chi connectivity index (χ2v) is 8.47. The Bertz CT molecular complexity index is 1190. The van der Waals surface area contributed by atoms with Crippen LogP contribution in [0.15, 0.2) is 79.1 Å². The Morgan fingerprint density at radius 1 is 0.970 bits per heavy atom. The van der Waals surface area contributed by atoms with Crippen molar-refractivity contribution in [2.45, 2.75) is 25.4 Å². The summed E-state index contributed by atoms with van der Waals surface area (Å²) >= 11 is 0. The van der Waals surface area contributed by atoms with E-state index in [0.717, 1.165) is 54.3 Å². The maximum Gasteiger partial charge on any atom is 0.123 e. The highest BCUT2D eigenvalue weighted by molar-refractivity contribution is 5.79. The molecule has 0 fully saturated rings. The Kier molecular flexibility index (Phi) is 6.28. The van der Waals surface area contributed by atoms with E-state index in [2.05, 4.69) is 26.6 Å². The van der Waals surface area contributed by atoms with Gasteiger partial charge < -0.3 is 9.67 Å². The van der Waals surface area contributed by atoms with E-state index in [4.69, 9.17) is 4.98 Å². The van der Waals surface area contributed by atoms with Crippen molar-refractivity contribution in [3.63, 3.8) is 0 Å². The van der Waals surface area contributed by atoms with Crippen molar-refractivity contribution in [2.75, 3.05) is 19.7 Å². The lowest BCUT2D eigenvalue weighted by Crippen LogP contribution is -2.32. The van der Waals surface area contributed by atoms with Crippen molar-refractivity contribution in [1.82, 2.24) is 19.4 Å². The molecule has 0 aliphatic carbocycles. The minimum Gasteiger partial charge on any atom is -0.395 e. The summed E-state index contributed by atoms with van der Waals surface area (Å²) in [5, 5.41) is 9.69. The molecule has 0 radical (unpaired) electrons. The molecule has 0 saturated carbocycles. The van der Waals surface area contributed by atoms with E-state index < -0.39 is 0 Å². The van der Waals surface area contributed by atoms with Crippen LogP contribution in [0.1, 0.15) is 23.9 Å². The first-order valence-electron chi connectivity index (χ1n) is 11.4. The molecular weight excluding hydrogens is 415 g/mol. The lowest BCUT2D eigenvalue weighted by molar-refractivity contribution is 0.171. The van der Waals surface area contributed by atoms with Gasteiger partial charge in [0, 0.05) is 55.6 Å². The van der Waals surface area contributed by atoms with Crippen molar-refractivity contribution in [2.24, 2.45) is 0 Å². The minimum absolute atomic E-state index is 0.119. The summed E-state index contributed by atoms with van der Waals surface area (Å²) in [6.45, 7) is 2.34. The Balaban J connectivity index is 1.52. The third-order valence-electron chi connectivity index (χ3n) is 6.26. The summed E-state index contributed by atoms with van der Waals surface area (Å²) in [5.41, 5.74) is 5.10. The minimum atomic E-state index is -0.255. The van der Waals surface area contributed by atoms with E-state index in [1.165, 1.54) is 17.7 Å². The molecule has 0 unspecified atom stereocenters. The molecule has 0 spiro atoms. The number of hydrogen-bond acceptors (Lipinski definition) is 4. The summed E-state index contributed by atoms with van der Waals surface area (Å²) in [4.78, 5) is 11.5. The number of aromatic nitrogens is 3. The Morgan fingerprint density at radius 2 is 1.73 bits per heavy atom. The zero-order valence-corrected chi connectivity index (χ0v) is 18.4. The van der Waals surface area contributed by atoms with Gasteiger partial charge in [0.1, 0.15) is 11.6 Å². The van der Waals surface area contributed by atoms with E-state index in [1.807, 2.05) is 30.3 Å². The molecule has 6 heteroatoms. The van der Waals surface area contributed by atoms with Gasteiger partial charge in [-0.25, -0.2) is 9.37 Å². The first-order chi connectivity index (χ1) is 16.2. The Labute approximate surface area is 193 Å². The highest BCUT2D eigenvalue weighted by Crippen LogP contribution is 2.40. The summed E-state index contributed by atoms with van der Waals surface area (Å²) in [6.07, 6.45) is 5.48. The first-order valence-corrected chi connectivity index (χ1v) is 11.4. The van der Waals surface area contributed by atoms with Crippen LogP contribution in [0.5, 0.6) is 0 Å². The predicted octanol–water partition coefficient (Wildman–Crippen LogP) is 4.73. The van der Waals surface area contributed by atoms with Crippen molar-refractivity contribution in [3.05, 3.63) is 96.3 Å². The monoisotopic (exact) mass is 442 g/mol. The molecule has 1 aliphatic rings. The van der Waals surface area contributed by atoms with Crippen molar-refractivity contribution < 1.29 is 9.50 Å². The molecule has 2 aromatic heterocycles. The number of pyridine rings is 1. The smallest absolute Gasteiger partial charge is 0.123 e. The van der Waals surface area contributed by atoms with E-state index in [1.54, 1.807) is 24.5 Å². The highest BCUT2D eigenvalue weighted by Gasteiger charge is 2.31. The van der Waals surface area contributed by atoms with Gasteiger partial charge in [-0.15, -0.1) is 0 Å². The van der Waals surface area contributed by atoms with Gasteiger partial charge >= 0.3 is 0 Å². The summed E-state index contributed by atoms with van der Waals surface area (Å²) in [5.74, 6) is 0.796. The van der Waals surface area contributed by atoms with E-state index in [9.17, 15) is 9.50 Å². The molecule has 1 N–H and O–H groups in total. The number of benzene rings is 2. The topological polar surface area (TPSA) is 54.2 Å². The second kappa shape index (κ2) is 9.65. The number of aryl methyl sites for hydroxylation is 1. The number of rotatable bonds is 8. The fraction of sp³-hybridized carbons (Fsp3) is 0.259. The molecule has 2 aromatic carbocycles. The van der Waals surface area contributed by atoms with Crippen LogP contribution in [0.25, 0.3) is 22.5 Å². The molecule has 5 nitrogen and oxygen atoms in total. The number of halogens is 1. The standard InChI is InChI=1S/C27H27FN4O/c28-23-8-6-21(7-9-23)26-27(22-12-14-29-15-13-22)32-24(10-11-25(32)30-26)19-31(16-17-33)18-20-4-2-1-3-5-20/h1-9,12-15,24,33H,10-11,16-19H2/t24-/m0/s1. The third-order valence-corrected chi connectivity index (χ3v) is 6.26. The molecular formula is C27H27FN4O. The normalized spacial score (nSPS) is 15.2. The predicted molar refractivity (Wildman–Crippen MR) is 127 cm³/mol. The average molecular weight is 443 g/mol. The van der Waals surface area contributed by atoms with E-state index >= 15 is 0 Å². The number of nitrogens with zero attached hydrogens (tertiary/aromatic N) is 4. The lowest BCUT2D eigenvalue weighted by Gasteiger charge is -2.27. The Hall–Kier alpha value is -3.35. The van der Waals surface area contributed by atoms with Gasteiger partial charge in [-0.2, -0.15) is 0 Å². The van der Waals surface area contributed by atoms with Gasteiger partial charge in [-0.05, 0) is 48.4 Å². The van der Waals surface area contributed by atoms with Crippen molar-refractivity contribution >= 4 is 0 Å². The van der Waals surface area contributed by atoms with Gasteiger partial charge in [0.05, 0.1) is 18.0 Å². The van der Waals surface area contributed by atoms with Crippen molar-refractivity contribution in [3.8, 4) is 22.5 Å². The van der Waals surface area contributed by atoms with Crippen LogP contribution in [-0.2, 0) is 13.0 Å². The first kappa shape index (κ1) is 21.5. The molecule has 3 heterocycles. The SMILES string of the molecule is OCCN(Cc1ccccc1)C[C@@H]1CCc2nc(-c3ccc(F)cc3)c(-c3ccncc3)n21. The number of aliphatic hydroxyl groups excluding tert-OH is 1. The van der Waals surface area contributed by atoms with Crippen molar-refractivity contribution in [1.29, 1.82) is 0 Å². The van der Waals surface area contributed by atoms with Crippen LogP contribution in [-0.4, -0.2) is 44.2 Å². The van der Waals surface area contributed by atoms with E-state index in [0.29, 0.717) is 6.54 Å².